The van der Waals surface area contributed by atoms with Gasteiger partial charge in [0.05, 0.1) is 23.3 Å². The molecule has 3 heterocycles. The van der Waals surface area contributed by atoms with Crippen molar-refractivity contribution in [3.8, 4) is 5.82 Å². The summed E-state index contributed by atoms with van der Waals surface area (Å²) in [6.07, 6.45) is 5.49. The van der Waals surface area contributed by atoms with Crippen LogP contribution < -0.4 is 11.1 Å². The van der Waals surface area contributed by atoms with Gasteiger partial charge in [-0.1, -0.05) is 6.92 Å². The maximum absolute atomic E-state index is 11.2. The van der Waals surface area contributed by atoms with Gasteiger partial charge in [0, 0.05) is 12.7 Å². The lowest BCUT2D eigenvalue weighted by Gasteiger charge is -2.06. The van der Waals surface area contributed by atoms with Crippen LogP contribution in [0.25, 0.3) is 16.9 Å². The number of carbonyl (C=O) groups excluding carboxylic acids is 1. The molecule has 9 nitrogen and oxygen atoms in total. The molecular formula is C12H14N8O. The highest BCUT2D eigenvalue weighted by Gasteiger charge is 2.13. The van der Waals surface area contributed by atoms with Crippen molar-refractivity contribution in [2.24, 2.45) is 5.73 Å². The van der Waals surface area contributed by atoms with E-state index in [2.05, 4.69) is 37.5 Å². The number of aromatic amines is 1. The zero-order valence-corrected chi connectivity index (χ0v) is 11.4. The molecule has 21 heavy (non-hydrogen) atoms. The van der Waals surface area contributed by atoms with E-state index >= 15 is 0 Å². The second-order valence-electron chi connectivity index (χ2n) is 4.47. The van der Waals surface area contributed by atoms with E-state index < -0.39 is 5.91 Å². The Bertz CT molecular complexity index is 790. The van der Waals surface area contributed by atoms with Gasteiger partial charge in [-0.05, 0) is 6.42 Å². The Balaban J connectivity index is 2.10. The Kier molecular flexibility index (Phi) is 3.22. The molecule has 1 amide bonds. The molecule has 0 aliphatic heterocycles. The second kappa shape index (κ2) is 5.19. The number of amides is 1. The minimum atomic E-state index is -0.539. The molecular weight excluding hydrogens is 272 g/mol. The van der Waals surface area contributed by atoms with Crippen LogP contribution in [0.3, 0.4) is 0 Å². The lowest BCUT2D eigenvalue weighted by molar-refractivity contribution is 0.100. The molecule has 0 radical (unpaired) electrons. The zero-order chi connectivity index (χ0) is 14.8. The number of nitrogens with one attached hydrogen (secondary N) is 2. The summed E-state index contributed by atoms with van der Waals surface area (Å²) in [5, 5.41) is 14.7. The highest BCUT2D eigenvalue weighted by Crippen LogP contribution is 2.19. The van der Waals surface area contributed by atoms with Crippen molar-refractivity contribution in [2.45, 2.75) is 13.3 Å². The normalized spacial score (nSPS) is 10.9. The molecule has 0 saturated heterocycles. The second-order valence-corrected chi connectivity index (χ2v) is 4.47. The molecule has 3 rings (SSSR count). The van der Waals surface area contributed by atoms with Crippen LogP contribution in [0.5, 0.6) is 0 Å². The predicted octanol–water partition coefficient (Wildman–Crippen LogP) is 0.459. The van der Waals surface area contributed by atoms with Crippen LogP contribution in [-0.4, -0.2) is 42.4 Å². The van der Waals surface area contributed by atoms with Gasteiger partial charge < -0.3 is 11.1 Å². The summed E-state index contributed by atoms with van der Waals surface area (Å²) in [6.45, 7) is 2.81. The van der Waals surface area contributed by atoms with Gasteiger partial charge in [0.15, 0.2) is 11.5 Å². The number of aromatic nitrogens is 6. The number of hydrogen-bond donors (Lipinski definition) is 3. The van der Waals surface area contributed by atoms with Crippen molar-refractivity contribution in [3.05, 3.63) is 24.2 Å². The molecule has 0 spiro atoms. The van der Waals surface area contributed by atoms with E-state index in [4.69, 9.17) is 5.73 Å². The summed E-state index contributed by atoms with van der Waals surface area (Å²) >= 11 is 0. The molecule has 0 fully saturated rings. The molecule has 3 aromatic rings. The number of H-pyrrole nitrogens is 1. The number of rotatable bonds is 5. The summed E-state index contributed by atoms with van der Waals surface area (Å²) in [6, 6.07) is 0. The topological polar surface area (TPSA) is 127 Å². The molecule has 0 aromatic carbocycles. The molecule has 4 N–H and O–H groups in total. The van der Waals surface area contributed by atoms with Crippen LogP contribution in [-0.2, 0) is 0 Å². The van der Waals surface area contributed by atoms with Gasteiger partial charge >= 0.3 is 0 Å². The number of hydrogen-bond acceptors (Lipinski definition) is 6. The van der Waals surface area contributed by atoms with Crippen LogP contribution in [0.15, 0.2) is 18.6 Å². The number of carbonyl (C=O) groups is 1. The average molecular weight is 286 g/mol. The quantitative estimate of drug-likeness (QED) is 0.625. The number of primary amides is 1. The van der Waals surface area contributed by atoms with Gasteiger partial charge in [-0.15, -0.1) is 0 Å². The van der Waals surface area contributed by atoms with Crippen molar-refractivity contribution < 1.29 is 4.79 Å². The third-order valence-corrected chi connectivity index (χ3v) is 2.91. The maximum Gasteiger partial charge on any atom is 0.251 e. The largest absolute Gasteiger partial charge is 0.366 e. The van der Waals surface area contributed by atoms with Gasteiger partial charge in [-0.3, -0.25) is 9.89 Å². The van der Waals surface area contributed by atoms with Crippen LogP contribution >= 0.6 is 0 Å². The Morgan fingerprint density at radius 2 is 2.29 bits per heavy atom. The first-order valence-electron chi connectivity index (χ1n) is 6.49. The molecule has 0 aliphatic carbocycles. The number of fused-ring (bicyclic) bond motifs is 1. The van der Waals surface area contributed by atoms with Gasteiger partial charge in [-0.2, -0.15) is 20.2 Å². The lowest BCUT2D eigenvalue weighted by Crippen LogP contribution is -2.10. The van der Waals surface area contributed by atoms with Crippen LogP contribution in [0, 0.1) is 0 Å². The molecule has 0 saturated carbocycles. The fraction of sp³-hybridized carbons (Fsp3) is 0.250. The third-order valence-electron chi connectivity index (χ3n) is 2.91. The molecule has 0 bridgehead atoms. The Morgan fingerprint density at radius 1 is 1.43 bits per heavy atom. The number of nitrogens with zero attached hydrogens (tertiary/aromatic N) is 5. The molecule has 0 atom stereocenters. The summed E-state index contributed by atoms with van der Waals surface area (Å²) in [5.41, 5.74) is 6.14. The SMILES string of the molecule is CCCNc1nc(-n2cc(C(N)=O)cn2)c2cn[nH]c2n1. The van der Waals surface area contributed by atoms with E-state index in [0.29, 0.717) is 28.4 Å². The molecule has 0 aliphatic rings. The lowest BCUT2D eigenvalue weighted by atomic mass is 10.3. The summed E-state index contributed by atoms with van der Waals surface area (Å²) in [5.74, 6) is 0.461. The molecule has 108 valence electrons. The van der Waals surface area contributed by atoms with Gasteiger partial charge in [0.1, 0.15) is 0 Å². The van der Waals surface area contributed by atoms with Gasteiger partial charge in [-0.25, -0.2) is 4.68 Å². The first-order valence-corrected chi connectivity index (χ1v) is 6.49. The van der Waals surface area contributed by atoms with E-state index in [0.717, 1.165) is 13.0 Å². The van der Waals surface area contributed by atoms with Crippen LogP contribution in [0.4, 0.5) is 5.95 Å². The van der Waals surface area contributed by atoms with E-state index in [-0.39, 0.29) is 0 Å². The number of anilines is 1. The minimum absolute atomic E-state index is 0.313. The number of nitrogens with two attached hydrogens (primary N) is 1. The van der Waals surface area contributed by atoms with Crippen LogP contribution in [0.2, 0.25) is 0 Å². The smallest absolute Gasteiger partial charge is 0.251 e. The fourth-order valence-corrected chi connectivity index (χ4v) is 1.88. The average Bonchev–Trinajstić information content (AvgIpc) is 3.12. The summed E-state index contributed by atoms with van der Waals surface area (Å²) in [4.78, 5) is 19.9. The summed E-state index contributed by atoms with van der Waals surface area (Å²) < 4.78 is 1.48. The van der Waals surface area contributed by atoms with E-state index in [1.807, 2.05) is 0 Å². The minimum Gasteiger partial charge on any atom is -0.366 e. The Morgan fingerprint density at radius 3 is 3.00 bits per heavy atom. The standard InChI is InChI=1S/C12H14N8O/c1-2-3-14-12-17-10-8(5-15-19-10)11(18-12)20-6-7(4-16-20)9(13)21/h4-6H,2-3H2,1H3,(H2,13,21)(H2,14,15,17,18,19). The van der Waals surface area contributed by atoms with Crippen molar-refractivity contribution in [3.63, 3.8) is 0 Å². The predicted molar refractivity (Wildman–Crippen MR) is 76.1 cm³/mol. The first-order chi connectivity index (χ1) is 10.2. The van der Waals surface area contributed by atoms with Gasteiger partial charge in [0.2, 0.25) is 5.95 Å². The molecule has 9 heteroatoms. The van der Waals surface area contributed by atoms with E-state index in [9.17, 15) is 4.79 Å². The molecule has 0 unspecified atom stereocenters. The van der Waals surface area contributed by atoms with Crippen molar-refractivity contribution in [1.29, 1.82) is 0 Å². The van der Waals surface area contributed by atoms with Crippen LogP contribution in [0.1, 0.15) is 23.7 Å². The Labute approximate surface area is 119 Å². The molecule has 3 aromatic heterocycles. The van der Waals surface area contributed by atoms with Crippen molar-refractivity contribution in [2.75, 3.05) is 11.9 Å². The van der Waals surface area contributed by atoms with Crippen molar-refractivity contribution in [1.82, 2.24) is 29.9 Å². The zero-order valence-electron chi connectivity index (χ0n) is 11.4. The summed E-state index contributed by atoms with van der Waals surface area (Å²) in [7, 11) is 0. The van der Waals surface area contributed by atoms with E-state index in [1.165, 1.54) is 17.1 Å². The van der Waals surface area contributed by atoms with Gasteiger partial charge in [0.25, 0.3) is 5.91 Å². The Hall–Kier alpha value is -2.97. The maximum atomic E-state index is 11.2. The first kappa shape index (κ1) is 13.0. The highest BCUT2D eigenvalue weighted by molar-refractivity contribution is 5.92. The third kappa shape index (κ3) is 2.40. The highest BCUT2D eigenvalue weighted by atomic mass is 16.1. The van der Waals surface area contributed by atoms with E-state index in [1.54, 1.807) is 6.20 Å². The van der Waals surface area contributed by atoms with Crippen molar-refractivity contribution >= 4 is 22.9 Å². The monoisotopic (exact) mass is 286 g/mol. The fourth-order valence-electron chi connectivity index (χ4n) is 1.88.